The van der Waals surface area contributed by atoms with Crippen molar-refractivity contribution < 1.29 is 14.3 Å². The largest absolute Gasteiger partial charge is 0.508 e. The van der Waals surface area contributed by atoms with Crippen LogP contribution in [0.2, 0.25) is 0 Å². The van der Waals surface area contributed by atoms with Gasteiger partial charge in [-0.15, -0.1) is 0 Å². The standard InChI is InChI=1S/C12H15FINO2/c13-11-8-9(16)4-5-10(11)12(17)15-7-3-1-2-6-14/h4-5,8,16H,1-3,6-7H2,(H,15,17). The fourth-order valence-electron chi connectivity index (χ4n) is 1.38. The number of phenolic OH excluding ortho intramolecular Hbond substituents is 1. The molecular weight excluding hydrogens is 336 g/mol. The van der Waals surface area contributed by atoms with E-state index in [-0.39, 0.29) is 11.3 Å². The first kappa shape index (κ1) is 14.2. The van der Waals surface area contributed by atoms with Crippen molar-refractivity contribution >= 4 is 28.5 Å². The molecule has 17 heavy (non-hydrogen) atoms. The molecule has 2 N–H and O–H groups in total. The second kappa shape index (κ2) is 7.47. The van der Waals surface area contributed by atoms with Gasteiger partial charge in [-0.1, -0.05) is 29.0 Å². The molecule has 1 aromatic rings. The van der Waals surface area contributed by atoms with E-state index in [4.69, 9.17) is 5.11 Å². The van der Waals surface area contributed by atoms with Gasteiger partial charge in [0, 0.05) is 12.6 Å². The SMILES string of the molecule is O=C(NCCCCCI)c1ccc(O)cc1F. The van der Waals surface area contributed by atoms with Gasteiger partial charge in [0.25, 0.3) is 5.91 Å². The van der Waals surface area contributed by atoms with Crippen molar-refractivity contribution in [2.45, 2.75) is 19.3 Å². The van der Waals surface area contributed by atoms with E-state index in [9.17, 15) is 9.18 Å². The van der Waals surface area contributed by atoms with Crippen molar-refractivity contribution in [2.24, 2.45) is 0 Å². The molecule has 0 spiro atoms. The van der Waals surface area contributed by atoms with Crippen LogP contribution in [-0.2, 0) is 0 Å². The van der Waals surface area contributed by atoms with Crippen LogP contribution in [0.25, 0.3) is 0 Å². The number of aromatic hydroxyl groups is 1. The molecule has 1 aromatic carbocycles. The summed E-state index contributed by atoms with van der Waals surface area (Å²) in [5.74, 6) is -1.31. The lowest BCUT2D eigenvalue weighted by Gasteiger charge is -2.06. The minimum absolute atomic E-state index is 0.0308. The van der Waals surface area contributed by atoms with Crippen LogP contribution in [0.1, 0.15) is 29.6 Å². The molecule has 0 atom stereocenters. The number of unbranched alkanes of at least 4 members (excludes halogenated alkanes) is 2. The van der Waals surface area contributed by atoms with Gasteiger partial charge in [0.1, 0.15) is 11.6 Å². The van der Waals surface area contributed by atoms with Gasteiger partial charge in [-0.3, -0.25) is 4.79 Å². The van der Waals surface area contributed by atoms with Crippen LogP contribution in [0.4, 0.5) is 4.39 Å². The Morgan fingerprint density at radius 3 is 2.76 bits per heavy atom. The van der Waals surface area contributed by atoms with E-state index in [1.54, 1.807) is 0 Å². The summed E-state index contributed by atoms with van der Waals surface area (Å²) in [6.45, 7) is 0.551. The highest BCUT2D eigenvalue weighted by atomic mass is 127. The Kier molecular flexibility index (Phi) is 6.25. The van der Waals surface area contributed by atoms with Crippen LogP contribution in [-0.4, -0.2) is 22.0 Å². The van der Waals surface area contributed by atoms with Crippen molar-refractivity contribution in [1.82, 2.24) is 5.32 Å². The molecule has 0 bridgehead atoms. The van der Waals surface area contributed by atoms with E-state index in [0.29, 0.717) is 6.54 Å². The average molecular weight is 351 g/mol. The molecule has 0 aromatic heterocycles. The lowest BCUT2D eigenvalue weighted by molar-refractivity contribution is 0.0949. The molecule has 0 fully saturated rings. The van der Waals surface area contributed by atoms with Crippen molar-refractivity contribution in [3.05, 3.63) is 29.6 Å². The molecule has 1 rings (SSSR count). The van der Waals surface area contributed by atoms with E-state index in [2.05, 4.69) is 27.9 Å². The zero-order chi connectivity index (χ0) is 12.7. The number of amides is 1. The highest BCUT2D eigenvalue weighted by Gasteiger charge is 2.11. The highest BCUT2D eigenvalue weighted by Crippen LogP contribution is 2.14. The molecule has 1 amide bonds. The van der Waals surface area contributed by atoms with Crippen LogP contribution >= 0.6 is 22.6 Å². The zero-order valence-electron chi connectivity index (χ0n) is 9.38. The van der Waals surface area contributed by atoms with Crippen molar-refractivity contribution in [3.63, 3.8) is 0 Å². The van der Waals surface area contributed by atoms with Gasteiger partial charge in [-0.05, 0) is 29.4 Å². The first-order chi connectivity index (χ1) is 8.15. The average Bonchev–Trinajstić information content (AvgIpc) is 2.28. The third-order valence-corrected chi connectivity index (χ3v) is 3.06. The first-order valence-electron chi connectivity index (χ1n) is 5.48. The number of carbonyl (C=O) groups is 1. The summed E-state index contributed by atoms with van der Waals surface area (Å²) in [5, 5.41) is 11.7. The van der Waals surface area contributed by atoms with Crippen molar-refractivity contribution in [2.75, 3.05) is 11.0 Å². The summed E-state index contributed by atoms with van der Waals surface area (Å²) in [5.41, 5.74) is -0.0308. The Hall–Kier alpha value is -0.850. The molecular formula is C12H15FINO2. The van der Waals surface area contributed by atoms with E-state index >= 15 is 0 Å². The number of nitrogens with one attached hydrogen (secondary N) is 1. The van der Waals surface area contributed by atoms with E-state index in [1.807, 2.05) is 0 Å². The monoisotopic (exact) mass is 351 g/mol. The van der Waals surface area contributed by atoms with Crippen molar-refractivity contribution in [1.29, 1.82) is 0 Å². The molecule has 94 valence electrons. The number of benzene rings is 1. The van der Waals surface area contributed by atoms with Crippen LogP contribution in [0, 0.1) is 5.82 Å². The maximum absolute atomic E-state index is 13.3. The fraction of sp³-hybridized carbons (Fsp3) is 0.417. The molecule has 0 unspecified atom stereocenters. The Bertz CT molecular complexity index is 385. The minimum Gasteiger partial charge on any atom is -0.508 e. The van der Waals surface area contributed by atoms with Gasteiger partial charge < -0.3 is 10.4 Å². The van der Waals surface area contributed by atoms with Crippen LogP contribution in [0.5, 0.6) is 5.75 Å². The lowest BCUT2D eigenvalue weighted by atomic mass is 10.2. The Morgan fingerprint density at radius 2 is 2.12 bits per heavy atom. The maximum atomic E-state index is 13.3. The number of hydrogen-bond acceptors (Lipinski definition) is 2. The van der Waals surface area contributed by atoms with Crippen LogP contribution < -0.4 is 5.32 Å². The highest BCUT2D eigenvalue weighted by molar-refractivity contribution is 14.1. The van der Waals surface area contributed by atoms with E-state index in [0.717, 1.165) is 29.8 Å². The third kappa shape index (κ3) is 4.89. The molecule has 0 radical (unpaired) electrons. The molecule has 5 heteroatoms. The molecule has 0 heterocycles. The van der Waals surface area contributed by atoms with Crippen molar-refractivity contribution in [3.8, 4) is 5.75 Å². The fourth-order valence-corrected chi connectivity index (χ4v) is 1.92. The summed E-state index contributed by atoms with van der Waals surface area (Å²) in [6, 6.07) is 3.52. The summed E-state index contributed by atoms with van der Waals surface area (Å²) in [7, 11) is 0. The number of halogens is 2. The molecule has 0 saturated heterocycles. The summed E-state index contributed by atoms with van der Waals surface area (Å²) >= 11 is 2.31. The molecule has 0 aliphatic rings. The Morgan fingerprint density at radius 1 is 1.35 bits per heavy atom. The quantitative estimate of drug-likeness (QED) is 0.470. The first-order valence-corrected chi connectivity index (χ1v) is 7.00. The van der Waals surface area contributed by atoms with Gasteiger partial charge in [-0.25, -0.2) is 4.39 Å². The number of carbonyl (C=O) groups excluding carboxylic acids is 1. The van der Waals surface area contributed by atoms with Crippen LogP contribution in [0.15, 0.2) is 18.2 Å². The Labute approximate surface area is 114 Å². The smallest absolute Gasteiger partial charge is 0.254 e. The predicted octanol–water partition coefficient (Wildman–Crippen LogP) is 2.87. The van der Waals surface area contributed by atoms with Gasteiger partial charge in [0.15, 0.2) is 0 Å². The summed E-state index contributed by atoms with van der Waals surface area (Å²) < 4.78 is 14.4. The van der Waals surface area contributed by atoms with E-state index in [1.165, 1.54) is 12.1 Å². The summed E-state index contributed by atoms with van der Waals surface area (Å²) in [6.07, 6.45) is 3.08. The van der Waals surface area contributed by atoms with Gasteiger partial charge >= 0.3 is 0 Å². The Balaban J connectivity index is 2.42. The molecule has 3 nitrogen and oxygen atoms in total. The topological polar surface area (TPSA) is 49.3 Å². The normalized spacial score (nSPS) is 10.2. The van der Waals surface area contributed by atoms with E-state index < -0.39 is 11.7 Å². The number of alkyl halides is 1. The molecule has 0 aliphatic carbocycles. The molecule has 0 saturated carbocycles. The van der Waals surface area contributed by atoms with Gasteiger partial charge in [0.2, 0.25) is 0 Å². The second-order valence-electron chi connectivity index (χ2n) is 3.67. The minimum atomic E-state index is -0.699. The molecule has 0 aliphatic heterocycles. The van der Waals surface area contributed by atoms with Crippen LogP contribution in [0.3, 0.4) is 0 Å². The lowest BCUT2D eigenvalue weighted by Crippen LogP contribution is -2.25. The van der Waals surface area contributed by atoms with Gasteiger partial charge in [-0.2, -0.15) is 0 Å². The maximum Gasteiger partial charge on any atom is 0.254 e. The number of hydrogen-bond donors (Lipinski definition) is 2. The summed E-state index contributed by atoms with van der Waals surface area (Å²) in [4.78, 5) is 11.6. The zero-order valence-corrected chi connectivity index (χ0v) is 11.5. The van der Waals surface area contributed by atoms with Gasteiger partial charge in [0.05, 0.1) is 5.56 Å². The number of phenols is 1. The number of rotatable bonds is 6. The predicted molar refractivity (Wildman–Crippen MR) is 73.1 cm³/mol. The third-order valence-electron chi connectivity index (χ3n) is 2.29. The second-order valence-corrected chi connectivity index (χ2v) is 4.75.